The third kappa shape index (κ3) is 5.20. The number of fused-ring (bicyclic) bond motifs is 3. The highest BCUT2D eigenvalue weighted by molar-refractivity contribution is 7.99. The molecular weight excluding hydrogens is 456 g/mol. The van der Waals surface area contributed by atoms with Crippen LogP contribution in [0.1, 0.15) is 36.3 Å². The molecule has 0 bridgehead atoms. The Balaban J connectivity index is 1.42. The molecule has 2 aliphatic rings. The Bertz CT molecular complexity index is 1020. The van der Waals surface area contributed by atoms with Crippen LogP contribution >= 0.6 is 11.8 Å². The standard InChI is InChI=1S/C25H28N2O6S/c28-14-21(23(30)31)26-22(29)13-25(9-11-34-12-10-25)27-24(32)33-15-20-18-7-3-1-5-16(18)17-6-2-4-8-19(17)20/h1-8,20-21,28H,9-15H2,(H,26,29)(H,27,32)(H,30,31)/t21-/m1/s1. The van der Waals surface area contributed by atoms with Gasteiger partial charge >= 0.3 is 12.1 Å². The van der Waals surface area contributed by atoms with E-state index in [2.05, 4.69) is 22.8 Å². The number of hydrogen-bond donors (Lipinski definition) is 4. The number of hydrogen-bond acceptors (Lipinski definition) is 6. The zero-order valence-corrected chi connectivity index (χ0v) is 19.5. The van der Waals surface area contributed by atoms with Gasteiger partial charge in [-0.2, -0.15) is 11.8 Å². The lowest BCUT2D eigenvalue weighted by atomic mass is 9.88. The van der Waals surface area contributed by atoms with Gasteiger partial charge in [0.15, 0.2) is 0 Å². The number of nitrogens with one attached hydrogen (secondary N) is 2. The fourth-order valence-electron chi connectivity index (χ4n) is 4.70. The van der Waals surface area contributed by atoms with Crippen LogP contribution in [0.4, 0.5) is 4.79 Å². The number of carbonyl (C=O) groups is 3. The third-order valence-corrected chi connectivity index (χ3v) is 7.46. The molecule has 1 atom stereocenters. The van der Waals surface area contributed by atoms with Gasteiger partial charge in [-0.3, -0.25) is 4.79 Å². The second-order valence-corrected chi connectivity index (χ2v) is 9.89. The van der Waals surface area contributed by atoms with Gasteiger partial charge in [-0.15, -0.1) is 0 Å². The van der Waals surface area contributed by atoms with Crippen LogP contribution in [0, 0.1) is 0 Å². The van der Waals surface area contributed by atoms with Crippen molar-refractivity contribution >= 4 is 29.7 Å². The van der Waals surface area contributed by atoms with Crippen molar-refractivity contribution in [2.45, 2.75) is 36.8 Å². The van der Waals surface area contributed by atoms with Crippen LogP contribution in [0.15, 0.2) is 48.5 Å². The molecule has 0 aromatic heterocycles. The quantitative estimate of drug-likeness (QED) is 0.454. The number of aliphatic hydroxyl groups excluding tert-OH is 1. The first kappa shape index (κ1) is 24.1. The minimum Gasteiger partial charge on any atom is -0.480 e. The average Bonchev–Trinajstić information content (AvgIpc) is 3.15. The fraction of sp³-hybridized carbons (Fsp3) is 0.400. The lowest BCUT2D eigenvalue weighted by Crippen LogP contribution is -2.55. The number of thioether (sulfide) groups is 1. The van der Waals surface area contributed by atoms with Gasteiger partial charge in [-0.25, -0.2) is 9.59 Å². The summed E-state index contributed by atoms with van der Waals surface area (Å²) in [6.07, 6.45) is 0.443. The monoisotopic (exact) mass is 484 g/mol. The van der Waals surface area contributed by atoms with Gasteiger partial charge in [0.05, 0.1) is 12.1 Å². The van der Waals surface area contributed by atoms with Crippen molar-refractivity contribution in [2.24, 2.45) is 0 Å². The van der Waals surface area contributed by atoms with E-state index in [1.165, 1.54) is 0 Å². The molecule has 4 N–H and O–H groups in total. The van der Waals surface area contributed by atoms with E-state index in [4.69, 9.17) is 9.84 Å². The molecule has 1 saturated heterocycles. The number of benzene rings is 2. The number of amides is 2. The van der Waals surface area contributed by atoms with Gasteiger partial charge in [0.1, 0.15) is 12.6 Å². The Morgan fingerprint density at radius 2 is 1.62 bits per heavy atom. The second-order valence-electron chi connectivity index (χ2n) is 8.66. The summed E-state index contributed by atoms with van der Waals surface area (Å²) in [5.74, 6) is -0.389. The van der Waals surface area contributed by atoms with Crippen LogP contribution in [0.2, 0.25) is 0 Å². The first-order valence-corrected chi connectivity index (χ1v) is 12.4. The highest BCUT2D eigenvalue weighted by Gasteiger charge is 2.38. The molecule has 4 rings (SSSR count). The van der Waals surface area contributed by atoms with E-state index in [0.717, 1.165) is 33.8 Å². The van der Waals surface area contributed by atoms with Gasteiger partial charge in [-0.1, -0.05) is 48.5 Å². The molecular formula is C25H28N2O6S. The molecule has 0 unspecified atom stereocenters. The van der Waals surface area contributed by atoms with Crippen LogP contribution in [0.3, 0.4) is 0 Å². The first-order chi connectivity index (χ1) is 16.4. The van der Waals surface area contributed by atoms with Crippen molar-refractivity contribution in [1.29, 1.82) is 0 Å². The smallest absolute Gasteiger partial charge is 0.407 e. The summed E-state index contributed by atoms with van der Waals surface area (Å²) in [5.41, 5.74) is 3.69. The molecule has 1 aliphatic heterocycles. The van der Waals surface area contributed by atoms with Crippen LogP contribution in [0.25, 0.3) is 11.1 Å². The summed E-state index contributed by atoms with van der Waals surface area (Å²) in [6.45, 7) is -0.535. The molecule has 1 aliphatic carbocycles. The topological polar surface area (TPSA) is 125 Å². The Morgan fingerprint density at radius 1 is 1.03 bits per heavy atom. The summed E-state index contributed by atoms with van der Waals surface area (Å²) in [5, 5.41) is 23.5. The average molecular weight is 485 g/mol. The predicted molar refractivity (Wildman–Crippen MR) is 129 cm³/mol. The van der Waals surface area contributed by atoms with Gasteiger partial charge in [-0.05, 0) is 46.6 Å². The van der Waals surface area contributed by atoms with Crippen LogP contribution in [0.5, 0.6) is 0 Å². The van der Waals surface area contributed by atoms with Crippen molar-refractivity contribution in [1.82, 2.24) is 10.6 Å². The third-order valence-electron chi connectivity index (χ3n) is 6.48. The van der Waals surface area contributed by atoms with Crippen LogP contribution in [-0.2, 0) is 14.3 Å². The molecule has 2 amide bonds. The first-order valence-electron chi connectivity index (χ1n) is 11.3. The summed E-state index contributed by atoms with van der Waals surface area (Å²) >= 11 is 1.74. The summed E-state index contributed by atoms with van der Waals surface area (Å²) in [4.78, 5) is 36.5. The summed E-state index contributed by atoms with van der Waals surface area (Å²) in [7, 11) is 0. The number of alkyl carbamates (subject to hydrolysis) is 1. The molecule has 1 fully saturated rings. The van der Waals surface area contributed by atoms with Gasteiger partial charge < -0.3 is 25.6 Å². The summed E-state index contributed by atoms with van der Waals surface area (Å²) in [6, 6.07) is 14.8. The van der Waals surface area contributed by atoms with Crippen LogP contribution in [-0.4, -0.2) is 64.5 Å². The van der Waals surface area contributed by atoms with Crippen molar-refractivity contribution in [3.63, 3.8) is 0 Å². The lowest BCUT2D eigenvalue weighted by molar-refractivity contribution is -0.143. The van der Waals surface area contributed by atoms with E-state index in [1.807, 2.05) is 36.4 Å². The van der Waals surface area contributed by atoms with Crippen LogP contribution < -0.4 is 10.6 Å². The van der Waals surface area contributed by atoms with E-state index >= 15 is 0 Å². The molecule has 9 heteroatoms. The molecule has 2 aromatic carbocycles. The van der Waals surface area contributed by atoms with Crippen molar-refractivity contribution < 1.29 is 29.3 Å². The minimum absolute atomic E-state index is 0.0693. The van der Waals surface area contributed by atoms with Gasteiger partial charge in [0.25, 0.3) is 0 Å². The molecule has 0 radical (unpaired) electrons. The van der Waals surface area contributed by atoms with E-state index in [-0.39, 0.29) is 18.9 Å². The van der Waals surface area contributed by atoms with Crippen molar-refractivity contribution in [3.05, 3.63) is 59.7 Å². The van der Waals surface area contributed by atoms with Gasteiger partial charge in [0.2, 0.25) is 5.91 Å². The minimum atomic E-state index is -1.38. The Kier molecular flexibility index (Phi) is 7.43. The fourth-order valence-corrected chi connectivity index (χ4v) is 5.97. The highest BCUT2D eigenvalue weighted by atomic mass is 32.2. The number of carbonyl (C=O) groups excluding carboxylic acids is 2. The molecule has 1 heterocycles. The maximum atomic E-state index is 12.9. The van der Waals surface area contributed by atoms with E-state index in [1.54, 1.807) is 11.8 Å². The number of aliphatic carboxylic acids is 1. The van der Waals surface area contributed by atoms with E-state index in [0.29, 0.717) is 12.8 Å². The molecule has 34 heavy (non-hydrogen) atoms. The number of carboxylic acid groups (broad SMARTS) is 1. The normalized spacial score (nSPS) is 17.2. The van der Waals surface area contributed by atoms with Gasteiger partial charge in [0, 0.05) is 12.3 Å². The Labute approximate surface area is 202 Å². The maximum absolute atomic E-state index is 12.9. The molecule has 8 nitrogen and oxygen atoms in total. The number of aliphatic hydroxyl groups is 1. The van der Waals surface area contributed by atoms with E-state index in [9.17, 15) is 19.5 Å². The number of carboxylic acids is 1. The zero-order valence-electron chi connectivity index (χ0n) is 18.7. The second kappa shape index (κ2) is 10.5. The highest BCUT2D eigenvalue weighted by Crippen LogP contribution is 2.44. The molecule has 180 valence electrons. The van der Waals surface area contributed by atoms with Crippen molar-refractivity contribution in [3.8, 4) is 11.1 Å². The summed E-state index contributed by atoms with van der Waals surface area (Å²) < 4.78 is 5.67. The maximum Gasteiger partial charge on any atom is 0.407 e. The Hall–Kier alpha value is -3.04. The zero-order chi connectivity index (χ0) is 24.1. The molecule has 2 aromatic rings. The number of rotatable bonds is 8. The SMILES string of the molecule is O=C(CC1(NC(=O)OCC2c3ccccc3-c3ccccc32)CCSCC1)N[C@H](CO)C(=O)O. The van der Waals surface area contributed by atoms with Crippen molar-refractivity contribution in [2.75, 3.05) is 24.7 Å². The lowest BCUT2D eigenvalue weighted by Gasteiger charge is -2.37. The number of ether oxygens (including phenoxy) is 1. The molecule has 0 saturated carbocycles. The van der Waals surface area contributed by atoms with E-state index < -0.39 is 36.2 Å². The largest absolute Gasteiger partial charge is 0.480 e. The molecule has 0 spiro atoms. The Morgan fingerprint density at radius 3 is 2.18 bits per heavy atom. The predicted octanol–water partition coefficient (Wildman–Crippen LogP) is 2.74.